The maximum atomic E-state index is 13.4. The first-order valence-corrected chi connectivity index (χ1v) is 8.92. The van der Waals surface area contributed by atoms with E-state index in [-0.39, 0.29) is 50.2 Å². The van der Waals surface area contributed by atoms with Gasteiger partial charge < -0.3 is 9.80 Å². The first-order valence-electron chi connectivity index (χ1n) is 8.92. The van der Waals surface area contributed by atoms with E-state index < -0.39 is 12.0 Å². The molecule has 8 heteroatoms. The van der Waals surface area contributed by atoms with Gasteiger partial charge in [0.15, 0.2) is 0 Å². The Labute approximate surface area is 144 Å². The second-order valence-electron chi connectivity index (χ2n) is 7.31. The van der Waals surface area contributed by atoms with Crippen LogP contribution >= 0.6 is 0 Å². The van der Waals surface area contributed by atoms with Crippen LogP contribution < -0.4 is 0 Å². The highest BCUT2D eigenvalue weighted by Crippen LogP contribution is 2.33. The summed E-state index contributed by atoms with van der Waals surface area (Å²) in [7, 11) is 0. The Bertz CT molecular complexity index is 676. The molecule has 0 N–H and O–H groups in total. The van der Waals surface area contributed by atoms with E-state index in [1.165, 1.54) is 4.90 Å². The number of rotatable bonds is 2. The molecule has 0 radical (unpaired) electrons. The van der Waals surface area contributed by atoms with Crippen molar-refractivity contribution >= 4 is 11.8 Å². The van der Waals surface area contributed by atoms with Crippen molar-refractivity contribution in [3.8, 4) is 0 Å². The number of fused-ring (bicyclic) bond motifs is 1. The van der Waals surface area contributed by atoms with E-state index in [2.05, 4.69) is 5.10 Å². The third-order valence-corrected chi connectivity index (χ3v) is 5.65. The Kier molecular flexibility index (Phi) is 4.00. The van der Waals surface area contributed by atoms with Gasteiger partial charge >= 0.3 is 0 Å². The van der Waals surface area contributed by atoms with Gasteiger partial charge in [-0.2, -0.15) is 5.10 Å². The van der Waals surface area contributed by atoms with E-state index in [1.54, 1.807) is 15.8 Å². The quantitative estimate of drug-likeness (QED) is 0.816. The van der Waals surface area contributed by atoms with Crippen LogP contribution in [0.4, 0.5) is 8.78 Å². The van der Waals surface area contributed by atoms with Gasteiger partial charge in [0.1, 0.15) is 6.04 Å². The molecule has 1 saturated carbocycles. The van der Waals surface area contributed by atoms with E-state index in [4.69, 9.17) is 0 Å². The molecule has 0 aromatic carbocycles. The van der Waals surface area contributed by atoms with Crippen LogP contribution in [-0.2, 0) is 16.1 Å². The molecule has 136 valence electrons. The van der Waals surface area contributed by atoms with Gasteiger partial charge in [-0.15, -0.1) is 0 Å². The van der Waals surface area contributed by atoms with Crippen LogP contribution in [0.5, 0.6) is 0 Å². The highest BCUT2D eigenvalue weighted by molar-refractivity contribution is 5.84. The average molecular weight is 352 g/mol. The first kappa shape index (κ1) is 16.5. The lowest BCUT2D eigenvalue weighted by Crippen LogP contribution is -2.52. The number of halogens is 2. The third-order valence-electron chi connectivity index (χ3n) is 5.65. The Morgan fingerprint density at radius 1 is 1.12 bits per heavy atom. The third kappa shape index (κ3) is 3.02. The molecule has 1 saturated heterocycles. The van der Waals surface area contributed by atoms with Gasteiger partial charge in [0.05, 0.1) is 18.8 Å². The lowest BCUT2D eigenvalue weighted by atomic mass is 9.84. The molecule has 3 heterocycles. The molecule has 1 aromatic heterocycles. The smallest absolute Gasteiger partial charge is 0.251 e. The van der Waals surface area contributed by atoms with E-state index in [0.717, 1.165) is 25.0 Å². The van der Waals surface area contributed by atoms with Gasteiger partial charge in [-0.3, -0.25) is 14.3 Å². The molecule has 1 atom stereocenters. The number of nitrogens with zero attached hydrogens (tertiary/aromatic N) is 4. The topological polar surface area (TPSA) is 58.4 Å². The Morgan fingerprint density at radius 3 is 2.48 bits per heavy atom. The van der Waals surface area contributed by atoms with Crippen LogP contribution in [0.25, 0.3) is 0 Å². The van der Waals surface area contributed by atoms with Crippen molar-refractivity contribution in [3.05, 3.63) is 18.0 Å². The molecule has 0 bridgehead atoms. The fourth-order valence-corrected chi connectivity index (χ4v) is 3.82. The average Bonchev–Trinajstić information content (AvgIpc) is 3.00. The SMILES string of the molecule is O=C(C1CCC1)N1Cc2ccnn2[C@H](C(=O)N2CCC(F)(F)CC2)C1. The number of alkyl halides is 2. The van der Waals surface area contributed by atoms with E-state index in [9.17, 15) is 18.4 Å². The fraction of sp³-hybridized carbons (Fsp3) is 0.706. The summed E-state index contributed by atoms with van der Waals surface area (Å²) in [6.07, 6.45) is 3.91. The maximum absolute atomic E-state index is 13.4. The predicted molar refractivity (Wildman–Crippen MR) is 84.8 cm³/mol. The normalized spacial score (nSPS) is 26.1. The van der Waals surface area contributed by atoms with Gasteiger partial charge in [0.25, 0.3) is 5.92 Å². The molecular weight excluding hydrogens is 330 g/mol. The number of piperidine rings is 1. The summed E-state index contributed by atoms with van der Waals surface area (Å²) in [4.78, 5) is 28.8. The molecule has 0 spiro atoms. The zero-order valence-corrected chi connectivity index (χ0v) is 14.0. The monoisotopic (exact) mass is 352 g/mol. The minimum atomic E-state index is -2.69. The standard InChI is InChI=1S/C17H22F2N4O2/c18-17(19)5-8-21(9-6-17)16(25)14-11-22(15(24)12-2-1-3-12)10-13-4-7-20-23(13)14/h4,7,12,14H,1-3,5-6,8-11H2/t14-/m0/s1. The lowest BCUT2D eigenvalue weighted by Gasteiger charge is -2.40. The fourth-order valence-electron chi connectivity index (χ4n) is 3.82. The second kappa shape index (κ2) is 6.07. The molecule has 2 amide bonds. The highest BCUT2D eigenvalue weighted by atomic mass is 19.3. The maximum Gasteiger partial charge on any atom is 0.251 e. The molecule has 2 aliphatic heterocycles. The molecule has 2 fully saturated rings. The molecule has 3 aliphatic rings. The van der Waals surface area contributed by atoms with Crippen LogP contribution in [0.1, 0.15) is 43.8 Å². The molecule has 1 aliphatic carbocycles. The minimum absolute atomic E-state index is 0.0511. The van der Waals surface area contributed by atoms with E-state index in [1.807, 2.05) is 6.07 Å². The number of carbonyl (C=O) groups excluding carboxylic acids is 2. The molecule has 4 rings (SSSR count). The van der Waals surface area contributed by atoms with Crippen molar-refractivity contribution in [2.45, 2.75) is 50.6 Å². The van der Waals surface area contributed by atoms with Crippen molar-refractivity contribution in [1.29, 1.82) is 0 Å². The Balaban J connectivity index is 1.51. The van der Waals surface area contributed by atoms with Crippen molar-refractivity contribution in [1.82, 2.24) is 19.6 Å². The summed E-state index contributed by atoms with van der Waals surface area (Å²) in [5.41, 5.74) is 0.819. The van der Waals surface area contributed by atoms with Crippen LogP contribution in [0.3, 0.4) is 0 Å². The largest absolute Gasteiger partial charge is 0.340 e. The Morgan fingerprint density at radius 2 is 1.84 bits per heavy atom. The lowest BCUT2D eigenvalue weighted by molar-refractivity contribution is -0.146. The van der Waals surface area contributed by atoms with E-state index >= 15 is 0 Å². The van der Waals surface area contributed by atoms with Gasteiger partial charge in [-0.05, 0) is 18.9 Å². The summed E-state index contributed by atoms with van der Waals surface area (Å²) in [6, 6.07) is 1.19. The van der Waals surface area contributed by atoms with Gasteiger partial charge in [0, 0.05) is 38.0 Å². The molecule has 0 unspecified atom stereocenters. The molecule has 6 nitrogen and oxygen atoms in total. The van der Waals surface area contributed by atoms with Crippen molar-refractivity contribution in [2.24, 2.45) is 5.92 Å². The van der Waals surface area contributed by atoms with Crippen LogP contribution in [-0.4, -0.2) is 57.0 Å². The summed E-state index contributed by atoms with van der Waals surface area (Å²) in [5, 5.41) is 4.24. The number of amides is 2. The van der Waals surface area contributed by atoms with Gasteiger partial charge in [0.2, 0.25) is 11.8 Å². The van der Waals surface area contributed by atoms with Crippen LogP contribution in [0.15, 0.2) is 12.3 Å². The zero-order valence-electron chi connectivity index (χ0n) is 14.0. The number of carbonyl (C=O) groups is 2. The summed E-state index contributed by atoms with van der Waals surface area (Å²) in [6.45, 7) is 0.831. The zero-order chi connectivity index (χ0) is 17.6. The molecular formula is C17H22F2N4O2. The summed E-state index contributed by atoms with van der Waals surface area (Å²) < 4.78 is 28.4. The van der Waals surface area contributed by atoms with Crippen LogP contribution in [0.2, 0.25) is 0 Å². The Hall–Kier alpha value is -1.99. The number of hydrogen-bond acceptors (Lipinski definition) is 3. The van der Waals surface area contributed by atoms with Crippen LogP contribution in [0, 0.1) is 5.92 Å². The highest BCUT2D eigenvalue weighted by Gasteiger charge is 2.41. The summed E-state index contributed by atoms with van der Waals surface area (Å²) >= 11 is 0. The van der Waals surface area contributed by atoms with Crippen molar-refractivity contribution < 1.29 is 18.4 Å². The summed E-state index contributed by atoms with van der Waals surface area (Å²) in [5.74, 6) is -2.74. The van der Waals surface area contributed by atoms with Crippen molar-refractivity contribution in [2.75, 3.05) is 19.6 Å². The first-order chi connectivity index (χ1) is 11.9. The van der Waals surface area contributed by atoms with Gasteiger partial charge in [-0.1, -0.05) is 6.42 Å². The number of hydrogen-bond donors (Lipinski definition) is 0. The predicted octanol–water partition coefficient (Wildman–Crippen LogP) is 1.82. The number of aromatic nitrogens is 2. The molecule has 25 heavy (non-hydrogen) atoms. The minimum Gasteiger partial charge on any atom is -0.340 e. The molecule has 1 aromatic rings. The van der Waals surface area contributed by atoms with E-state index in [0.29, 0.717) is 6.54 Å². The number of likely N-dealkylation sites (tertiary alicyclic amines) is 1. The van der Waals surface area contributed by atoms with Gasteiger partial charge in [-0.25, -0.2) is 8.78 Å². The van der Waals surface area contributed by atoms with Crippen molar-refractivity contribution in [3.63, 3.8) is 0 Å². The second-order valence-corrected chi connectivity index (χ2v) is 7.31.